The molecule has 0 spiro atoms. The molecule has 0 bridgehead atoms. The van der Waals surface area contributed by atoms with Gasteiger partial charge in [0.2, 0.25) is 0 Å². The number of benzene rings is 1. The predicted octanol–water partition coefficient (Wildman–Crippen LogP) is 2.37. The average molecular weight is 160 g/mol. The predicted molar refractivity (Wildman–Crippen MR) is 37.5 cm³/mol. The highest BCUT2D eigenvalue weighted by molar-refractivity contribution is 6.32. The third-order valence-electron chi connectivity index (χ3n) is 1.15. The van der Waals surface area contributed by atoms with Crippen molar-refractivity contribution in [3.05, 3.63) is 35.5 Å². The van der Waals surface area contributed by atoms with E-state index in [0.717, 1.165) is 0 Å². The molecule has 1 aromatic carbocycles. The first-order chi connectivity index (χ1) is 4.63. The van der Waals surface area contributed by atoms with Crippen molar-refractivity contribution in [2.45, 2.75) is 0 Å². The minimum Gasteiger partial charge on any atom is -0.504 e. The molecule has 0 aliphatic rings. The van der Waals surface area contributed by atoms with E-state index in [4.69, 9.17) is 16.7 Å². The molecule has 0 unspecified atom stereocenters. The summed E-state index contributed by atoms with van der Waals surface area (Å²) in [5, 5.41) is 8.84. The first-order valence-electron chi connectivity index (χ1n) is 2.62. The highest BCUT2D eigenvalue weighted by Crippen LogP contribution is 2.27. The van der Waals surface area contributed by atoms with Gasteiger partial charge in [0.15, 0.2) is 11.6 Å². The largest absolute Gasteiger partial charge is 0.504 e. The lowest BCUT2D eigenvalue weighted by Gasteiger charge is -1.99. The monoisotopic (exact) mass is 159 g/mol. The van der Waals surface area contributed by atoms with Crippen LogP contribution in [0.4, 0.5) is 4.39 Å². The lowest BCUT2D eigenvalue weighted by atomic mass is 10.2. The third kappa shape index (κ3) is 1.07. The Labute approximate surface area is 63.1 Å². The van der Waals surface area contributed by atoms with Crippen LogP contribution in [0, 0.1) is 12.7 Å². The number of hydrogen-bond donors (Lipinski definition) is 1. The molecule has 3 heteroatoms. The number of phenols is 1. The lowest BCUT2D eigenvalue weighted by molar-refractivity contribution is 0.431. The van der Waals surface area contributed by atoms with Gasteiger partial charge in [0.05, 0.1) is 5.02 Å². The molecule has 0 saturated heterocycles. The number of hydrogen-bond acceptors (Lipinski definition) is 1. The van der Waals surface area contributed by atoms with Gasteiger partial charge in [0.1, 0.15) is 0 Å². The Bertz CT molecular complexity index is 233. The van der Waals surface area contributed by atoms with Gasteiger partial charge in [-0.1, -0.05) is 17.7 Å². The maximum absolute atomic E-state index is 12.6. The zero-order valence-corrected chi connectivity index (χ0v) is 5.82. The van der Waals surface area contributed by atoms with Crippen LogP contribution in [0.1, 0.15) is 5.56 Å². The highest BCUT2D eigenvalue weighted by atomic mass is 35.5. The van der Waals surface area contributed by atoms with Crippen molar-refractivity contribution >= 4 is 11.6 Å². The summed E-state index contributed by atoms with van der Waals surface area (Å²) in [6.45, 7) is 3.33. The summed E-state index contributed by atoms with van der Waals surface area (Å²) in [4.78, 5) is 0. The Balaban J connectivity index is 3.34. The molecular weight excluding hydrogens is 155 g/mol. The third-order valence-corrected chi connectivity index (χ3v) is 1.45. The Morgan fingerprint density at radius 2 is 2.10 bits per heavy atom. The van der Waals surface area contributed by atoms with Crippen molar-refractivity contribution in [2.75, 3.05) is 0 Å². The number of aromatic hydroxyl groups is 1. The molecule has 1 nitrogen and oxygen atoms in total. The van der Waals surface area contributed by atoms with Crippen molar-refractivity contribution < 1.29 is 9.50 Å². The Kier molecular flexibility index (Phi) is 1.81. The van der Waals surface area contributed by atoms with Crippen LogP contribution in [0.25, 0.3) is 0 Å². The minimum atomic E-state index is -0.757. The van der Waals surface area contributed by atoms with Crippen LogP contribution < -0.4 is 0 Å². The number of halogens is 2. The van der Waals surface area contributed by atoms with Crippen molar-refractivity contribution in [1.29, 1.82) is 0 Å². The second-order valence-electron chi connectivity index (χ2n) is 1.87. The fraction of sp³-hybridized carbons (Fsp3) is 0. The molecule has 1 radical (unpaired) electrons. The van der Waals surface area contributed by atoms with Gasteiger partial charge in [0, 0.05) is 0 Å². The first kappa shape index (κ1) is 7.35. The van der Waals surface area contributed by atoms with Crippen LogP contribution in [0.5, 0.6) is 5.75 Å². The minimum absolute atomic E-state index is 0.00454. The molecule has 1 N–H and O–H groups in total. The van der Waals surface area contributed by atoms with Gasteiger partial charge in [-0.3, -0.25) is 0 Å². The Morgan fingerprint density at radius 3 is 2.60 bits per heavy atom. The van der Waals surface area contributed by atoms with Crippen molar-refractivity contribution in [2.24, 2.45) is 0 Å². The van der Waals surface area contributed by atoms with Crippen LogP contribution in [-0.2, 0) is 0 Å². The standard InChI is InChI=1S/C7H5ClFO/c1-4-2-3-5(8)7(10)6(4)9/h2-3,10H,1H2. The highest BCUT2D eigenvalue weighted by Gasteiger charge is 2.06. The topological polar surface area (TPSA) is 20.2 Å². The summed E-state index contributed by atoms with van der Waals surface area (Å²) in [6.07, 6.45) is 0. The molecule has 53 valence electrons. The van der Waals surface area contributed by atoms with Gasteiger partial charge in [-0.2, -0.15) is 0 Å². The Morgan fingerprint density at radius 1 is 1.50 bits per heavy atom. The van der Waals surface area contributed by atoms with Crippen LogP contribution in [0.2, 0.25) is 5.02 Å². The van der Waals surface area contributed by atoms with Crippen LogP contribution in [0.3, 0.4) is 0 Å². The lowest BCUT2D eigenvalue weighted by Crippen LogP contribution is -1.82. The molecule has 0 fully saturated rings. The molecule has 0 amide bonds. The van der Waals surface area contributed by atoms with Crippen molar-refractivity contribution in [1.82, 2.24) is 0 Å². The summed E-state index contributed by atoms with van der Waals surface area (Å²) in [7, 11) is 0. The van der Waals surface area contributed by atoms with Crippen LogP contribution >= 0.6 is 11.6 Å². The quantitative estimate of drug-likeness (QED) is 0.616. The SMILES string of the molecule is [CH2]c1ccc(Cl)c(O)c1F. The van der Waals surface area contributed by atoms with Gasteiger partial charge in [0.25, 0.3) is 0 Å². The molecule has 1 rings (SSSR count). The van der Waals surface area contributed by atoms with Gasteiger partial charge in [-0.05, 0) is 18.6 Å². The average Bonchev–Trinajstić information content (AvgIpc) is 1.93. The fourth-order valence-corrected chi connectivity index (χ4v) is 0.729. The smallest absolute Gasteiger partial charge is 0.170 e. The normalized spacial score (nSPS) is 9.90. The van der Waals surface area contributed by atoms with Crippen molar-refractivity contribution in [3.63, 3.8) is 0 Å². The summed E-state index contributed by atoms with van der Waals surface area (Å²) in [5.74, 6) is -1.29. The maximum Gasteiger partial charge on any atom is 0.170 e. The van der Waals surface area contributed by atoms with E-state index in [2.05, 4.69) is 6.92 Å². The van der Waals surface area contributed by atoms with Gasteiger partial charge < -0.3 is 5.11 Å². The fourth-order valence-electron chi connectivity index (χ4n) is 0.583. The van der Waals surface area contributed by atoms with Crippen LogP contribution in [-0.4, -0.2) is 5.11 Å². The first-order valence-corrected chi connectivity index (χ1v) is 2.99. The molecule has 0 heterocycles. The van der Waals surface area contributed by atoms with E-state index in [9.17, 15) is 4.39 Å². The molecule has 0 aliphatic carbocycles. The second-order valence-corrected chi connectivity index (χ2v) is 2.28. The zero-order chi connectivity index (χ0) is 7.72. The van der Waals surface area contributed by atoms with Crippen LogP contribution in [0.15, 0.2) is 12.1 Å². The molecule has 10 heavy (non-hydrogen) atoms. The van der Waals surface area contributed by atoms with E-state index in [1.807, 2.05) is 0 Å². The maximum atomic E-state index is 12.6. The van der Waals surface area contributed by atoms with Crippen molar-refractivity contribution in [3.8, 4) is 5.75 Å². The molecular formula is C7H5ClFO. The van der Waals surface area contributed by atoms with Gasteiger partial charge in [-0.15, -0.1) is 0 Å². The summed E-state index contributed by atoms with van der Waals surface area (Å²) < 4.78 is 12.6. The summed E-state index contributed by atoms with van der Waals surface area (Å²) in [6, 6.07) is 2.79. The van der Waals surface area contributed by atoms with E-state index in [1.165, 1.54) is 12.1 Å². The number of phenolic OH excluding ortho intramolecular Hbond substituents is 1. The van der Waals surface area contributed by atoms with E-state index in [-0.39, 0.29) is 10.6 Å². The molecule has 1 aromatic rings. The molecule has 0 aliphatic heterocycles. The van der Waals surface area contributed by atoms with E-state index >= 15 is 0 Å². The zero-order valence-electron chi connectivity index (χ0n) is 5.06. The molecule has 0 atom stereocenters. The second kappa shape index (κ2) is 2.46. The molecule has 0 saturated carbocycles. The van der Waals surface area contributed by atoms with Gasteiger partial charge >= 0.3 is 0 Å². The van der Waals surface area contributed by atoms with E-state index < -0.39 is 11.6 Å². The van der Waals surface area contributed by atoms with E-state index in [1.54, 1.807) is 0 Å². The molecule has 0 aromatic heterocycles. The summed E-state index contributed by atoms with van der Waals surface area (Å²) >= 11 is 5.37. The Hall–Kier alpha value is -0.760. The number of rotatable bonds is 0. The summed E-state index contributed by atoms with van der Waals surface area (Å²) in [5.41, 5.74) is 0.141. The van der Waals surface area contributed by atoms with Gasteiger partial charge in [-0.25, -0.2) is 4.39 Å². The van der Waals surface area contributed by atoms with E-state index in [0.29, 0.717) is 0 Å².